The maximum Gasteiger partial charge on any atom is 0.522 e. The SMILES string of the molecule is CCn1cc[n+](C)c1.O=S(=O)(O)C(F)(F)F.O=S(=O)([O-])C(F)(F)F.c1c[nH]cn1. The molecule has 0 atom stereocenters. The first-order valence-corrected chi connectivity index (χ1v) is 9.67. The fourth-order valence-electron chi connectivity index (χ4n) is 0.904. The number of nitrogens with one attached hydrogen (secondary N) is 1. The number of alkyl halides is 6. The van der Waals surface area contributed by atoms with Crippen LogP contribution in [0.25, 0.3) is 0 Å². The fraction of sp³-hybridized carbons (Fsp3) is 0.455. The van der Waals surface area contributed by atoms with Crippen molar-refractivity contribution in [3.63, 3.8) is 0 Å². The summed E-state index contributed by atoms with van der Waals surface area (Å²) in [6, 6.07) is 0. The van der Waals surface area contributed by atoms with Gasteiger partial charge in [0.1, 0.15) is 12.4 Å². The normalized spacial score (nSPS) is 11.8. The van der Waals surface area contributed by atoms with Gasteiger partial charge in [0.25, 0.3) is 0 Å². The van der Waals surface area contributed by atoms with Gasteiger partial charge in [-0.25, -0.2) is 22.5 Å². The summed E-state index contributed by atoms with van der Waals surface area (Å²) in [4.78, 5) is 6.42. The molecule has 0 aliphatic carbocycles. The van der Waals surface area contributed by atoms with E-state index >= 15 is 0 Å². The number of aromatic nitrogens is 4. The van der Waals surface area contributed by atoms with Crippen molar-refractivity contribution in [3.05, 3.63) is 37.4 Å². The van der Waals surface area contributed by atoms with E-state index in [2.05, 4.69) is 34.0 Å². The van der Waals surface area contributed by atoms with Crippen LogP contribution < -0.4 is 4.57 Å². The van der Waals surface area contributed by atoms with Crippen molar-refractivity contribution in [3.8, 4) is 0 Å². The summed E-state index contributed by atoms with van der Waals surface area (Å²) >= 11 is 0. The Morgan fingerprint density at radius 1 is 1.14 bits per heavy atom. The van der Waals surface area contributed by atoms with Crippen molar-refractivity contribution in [2.45, 2.75) is 24.5 Å². The molecule has 2 N–H and O–H groups in total. The van der Waals surface area contributed by atoms with E-state index in [9.17, 15) is 26.3 Å². The van der Waals surface area contributed by atoms with Gasteiger partial charge in [-0.1, -0.05) is 0 Å². The second-order valence-electron chi connectivity index (χ2n) is 4.49. The maximum atomic E-state index is 10.7. The third-order valence-electron chi connectivity index (χ3n) is 2.17. The minimum absolute atomic E-state index is 1.06. The van der Waals surface area contributed by atoms with Gasteiger partial charge in [0.15, 0.2) is 10.1 Å². The molecule has 0 aliphatic rings. The first-order valence-electron chi connectivity index (χ1n) is 6.82. The molecule has 0 radical (unpaired) electrons. The van der Waals surface area contributed by atoms with Crippen molar-refractivity contribution in [2.24, 2.45) is 7.05 Å². The summed E-state index contributed by atoms with van der Waals surface area (Å²) in [5, 5.41) is 0. The molecule has 2 aromatic heterocycles. The molecule has 29 heavy (non-hydrogen) atoms. The number of aryl methyl sites for hydroxylation is 2. The molecule has 0 spiro atoms. The summed E-state index contributed by atoms with van der Waals surface area (Å²) < 4.78 is 121. The van der Waals surface area contributed by atoms with Gasteiger partial charge < -0.3 is 9.54 Å². The Morgan fingerprint density at radius 2 is 1.59 bits per heavy atom. The zero-order valence-corrected chi connectivity index (χ0v) is 16.2. The van der Waals surface area contributed by atoms with Gasteiger partial charge in [0.2, 0.25) is 6.33 Å². The minimum atomic E-state index is -6.09. The van der Waals surface area contributed by atoms with Crippen molar-refractivity contribution in [1.82, 2.24) is 14.5 Å². The van der Waals surface area contributed by atoms with Gasteiger partial charge in [-0.3, -0.25) is 4.55 Å². The van der Waals surface area contributed by atoms with Gasteiger partial charge >= 0.3 is 21.1 Å². The second kappa shape index (κ2) is 11.7. The zero-order valence-electron chi connectivity index (χ0n) is 14.6. The molecule has 0 saturated carbocycles. The van der Waals surface area contributed by atoms with E-state index in [4.69, 9.17) is 25.9 Å². The highest BCUT2D eigenvalue weighted by Gasteiger charge is 2.44. The Morgan fingerprint density at radius 3 is 1.69 bits per heavy atom. The summed E-state index contributed by atoms with van der Waals surface area (Å²) in [5.74, 6) is 0. The first-order chi connectivity index (χ1) is 12.8. The number of hydrogen-bond donors (Lipinski definition) is 2. The molecule has 0 aliphatic heterocycles. The highest BCUT2D eigenvalue weighted by atomic mass is 32.2. The van der Waals surface area contributed by atoms with E-state index in [1.165, 1.54) is 0 Å². The predicted molar refractivity (Wildman–Crippen MR) is 83.2 cm³/mol. The van der Waals surface area contributed by atoms with Crippen LogP contribution in [0.4, 0.5) is 26.3 Å². The van der Waals surface area contributed by atoms with Crippen LogP contribution in [0.3, 0.4) is 0 Å². The maximum absolute atomic E-state index is 10.7. The van der Waals surface area contributed by atoms with Crippen LogP contribution in [-0.2, 0) is 33.8 Å². The Bertz CT molecular complexity index is 832. The second-order valence-corrected chi connectivity index (χ2v) is 7.27. The standard InChI is InChI=1S/C6H11N2.C3H4N2.2CHF3O3S/c1-3-8-5-4-7(2)6-8;1-2-5-3-4-1;2*2-1(3,4)8(5,6)7/h4-6H,3H2,1-2H3;1-3H,(H,4,5);2*(H,5,6,7)/q+1;;;/p-1. The van der Waals surface area contributed by atoms with Gasteiger partial charge in [0, 0.05) is 12.4 Å². The molecule has 0 aromatic carbocycles. The number of hydrogen-bond acceptors (Lipinski definition) is 6. The summed E-state index contributed by atoms with van der Waals surface area (Å²) in [6.07, 6.45) is 11.2. The van der Waals surface area contributed by atoms with E-state index in [1.807, 2.05) is 17.8 Å². The molecule has 0 fully saturated rings. The van der Waals surface area contributed by atoms with Crippen LogP contribution in [0.1, 0.15) is 6.92 Å². The average molecular weight is 478 g/mol. The van der Waals surface area contributed by atoms with E-state index in [1.54, 1.807) is 18.7 Å². The zero-order chi connectivity index (χ0) is 23.5. The van der Waals surface area contributed by atoms with Gasteiger partial charge in [0.05, 0.1) is 19.9 Å². The quantitative estimate of drug-likeness (QED) is 0.271. The van der Waals surface area contributed by atoms with E-state index < -0.39 is 31.3 Å². The molecule has 0 saturated heterocycles. The van der Waals surface area contributed by atoms with Crippen molar-refractivity contribution in [1.29, 1.82) is 0 Å². The van der Waals surface area contributed by atoms with Crippen LogP contribution in [0, 0.1) is 0 Å². The Labute approximate surface area is 161 Å². The fourth-order valence-corrected chi connectivity index (χ4v) is 0.904. The smallest absolute Gasteiger partial charge is 0.522 e. The van der Waals surface area contributed by atoms with E-state index in [-0.39, 0.29) is 0 Å². The first kappa shape index (κ1) is 29.0. The number of H-pyrrole nitrogens is 1. The van der Waals surface area contributed by atoms with Gasteiger partial charge in [-0.15, -0.1) is 0 Å². The van der Waals surface area contributed by atoms with Crippen molar-refractivity contribution < 1.29 is 56.9 Å². The third-order valence-corrected chi connectivity index (χ3v) is 3.32. The van der Waals surface area contributed by atoms with E-state index in [0.717, 1.165) is 6.54 Å². The molecule has 10 nitrogen and oxygen atoms in total. The average Bonchev–Trinajstić information content (AvgIpc) is 3.18. The van der Waals surface area contributed by atoms with Gasteiger partial charge in [-0.2, -0.15) is 34.8 Å². The molecule has 0 bridgehead atoms. The summed E-state index contributed by atoms with van der Waals surface area (Å²) in [6.45, 7) is 3.18. The third kappa shape index (κ3) is 14.5. The van der Waals surface area contributed by atoms with Crippen LogP contribution in [0.2, 0.25) is 0 Å². The molecule has 2 rings (SSSR count). The molecule has 0 amide bonds. The minimum Gasteiger partial charge on any atom is -0.741 e. The summed E-state index contributed by atoms with van der Waals surface area (Å²) in [7, 11) is -9.91. The molecular formula is C11H16F6N4O6S2. The Balaban J connectivity index is 0. The van der Waals surface area contributed by atoms with Crippen LogP contribution >= 0.6 is 0 Å². The lowest BCUT2D eigenvalue weighted by Crippen LogP contribution is -2.23. The summed E-state index contributed by atoms with van der Waals surface area (Å²) in [5.41, 5.74) is -11.2. The Hall–Kier alpha value is -2.18. The monoisotopic (exact) mass is 478 g/mol. The topological polar surface area (TPSA) is 149 Å². The van der Waals surface area contributed by atoms with Gasteiger partial charge in [-0.05, 0) is 6.92 Å². The predicted octanol–water partition coefficient (Wildman–Crippen LogP) is 1.19. The highest BCUT2D eigenvalue weighted by molar-refractivity contribution is 7.86. The molecule has 170 valence electrons. The Kier molecular flexibility index (Phi) is 11.7. The van der Waals surface area contributed by atoms with Crippen LogP contribution in [-0.4, -0.2) is 51.5 Å². The van der Waals surface area contributed by atoms with E-state index in [0.29, 0.717) is 0 Å². The molecule has 2 heterocycles. The number of nitrogens with zero attached hydrogens (tertiary/aromatic N) is 3. The number of halogens is 6. The molecule has 18 heteroatoms. The van der Waals surface area contributed by atoms with Crippen LogP contribution in [0.15, 0.2) is 37.4 Å². The molecular weight excluding hydrogens is 462 g/mol. The number of imidazole rings is 2. The van der Waals surface area contributed by atoms with Crippen LogP contribution in [0.5, 0.6) is 0 Å². The van der Waals surface area contributed by atoms with Crippen molar-refractivity contribution >= 4 is 20.2 Å². The molecule has 2 aromatic rings. The largest absolute Gasteiger partial charge is 0.741 e. The molecule has 0 unspecified atom stereocenters. The highest BCUT2D eigenvalue weighted by Crippen LogP contribution is 2.21. The lowest BCUT2D eigenvalue weighted by atomic mass is 10.7. The number of aromatic amines is 1. The number of rotatable bonds is 1. The lowest BCUT2D eigenvalue weighted by Gasteiger charge is -2.08. The van der Waals surface area contributed by atoms with Crippen molar-refractivity contribution in [2.75, 3.05) is 0 Å². The lowest BCUT2D eigenvalue weighted by molar-refractivity contribution is -0.671.